The Morgan fingerprint density at radius 3 is 2.73 bits per heavy atom. The number of nitrogens with zero attached hydrogens (tertiary/aromatic N) is 4. The zero-order chi connectivity index (χ0) is 26.4. The summed E-state index contributed by atoms with van der Waals surface area (Å²) in [4.78, 5) is 27.4. The highest BCUT2D eigenvalue weighted by molar-refractivity contribution is 7.80. The molecule has 3 aromatic rings. The minimum absolute atomic E-state index is 0.0547. The molecule has 2 aromatic carbocycles. The van der Waals surface area contributed by atoms with Gasteiger partial charge in [0.15, 0.2) is 10.8 Å². The van der Waals surface area contributed by atoms with Crippen LogP contribution in [0.4, 0.5) is 9.18 Å². The molecule has 3 N–H and O–H groups in total. The first-order chi connectivity index (χ1) is 17.8. The number of hydrogen-bond acceptors (Lipinski definition) is 6. The van der Waals surface area contributed by atoms with Crippen LogP contribution in [-0.4, -0.2) is 63.9 Å². The van der Waals surface area contributed by atoms with Crippen LogP contribution in [0.1, 0.15) is 39.8 Å². The van der Waals surface area contributed by atoms with Crippen molar-refractivity contribution in [2.45, 2.75) is 25.8 Å². The van der Waals surface area contributed by atoms with Crippen LogP contribution < -0.4 is 16.0 Å². The van der Waals surface area contributed by atoms with Crippen molar-refractivity contribution >= 4 is 29.3 Å². The van der Waals surface area contributed by atoms with Gasteiger partial charge >= 0.3 is 6.09 Å². The van der Waals surface area contributed by atoms with E-state index < -0.39 is 12.0 Å². The first-order valence-electron chi connectivity index (χ1n) is 11.8. The number of aryl methyl sites for hydroxylation is 1. The Morgan fingerprint density at radius 1 is 1.16 bits per heavy atom. The molecule has 1 heterocycles. The molecule has 10 nitrogen and oxygen atoms in total. The second-order valence-electron chi connectivity index (χ2n) is 8.53. The summed E-state index contributed by atoms with van der Waals surface area (Å²) in [6, 6.07) is 14.2. The predicted octanol–water partition coefficient (Wildman–Crippen LogP) is 2.62. The van der Waals surface area contributed by atoms with Crippen LogP contribution in [0.25, 0.3) is 5.69 Å². The third-order valence-electron chi connectivity index (χ3n) is 5.90. The Kier molecular flexibility index (Phi) is 8.29. The highest BCUT2D eigenvalue weighted by Crippen LogP contribution is 2.32. The Hall–Kier alpha value is -4.06. The van der Waals surface area contributed by atoms with E-state index >= 15 is 0 Å². The Labute approximate surface area is 219 Å². The summed E-state index contributed by atoms with van der Waals surface area (Å²) in [5, 5.41) is 17.7. The number of aromatic nitrogens is 3. The molecule has 0 fully saturated rings. The van der Waals surface area contributed by atoms with E-state index in [0.29, 0.717) is 23.8 Å². The summed E-state index contributed by atoms with van der Waals surface area (Å²) in [5.74, 6) is -0.646. The molecular formula is C25H28FN7O3S. The summed E-state index contributed by atoms with van der Waals surface area (Å²) in [7, 11) is 1.51. The number of para-hydroxylation sites is 1. The second kappa shape index (κ2) is 11.8. The van der Waals surface area contributed by atoms with Crippen LogP contribution in [0, 0.1) is 12.7 Å². The van der Waals surface area contributed by atoms with E-state index in [2.05, 4.69) is 26.1 Å². The number of fused-ring (bicyclic) bond motifs is 1. The van der Waals surface area contributed by atoms with Crippen LogP contribution >= 0.6 is 12.2 Å². The van der Waals surface area contributed by atoms with Crippen molar-refractivity contribution in [2.75, 3.05) is 26.9 Å². The molecule has 1 aromatic heterocycles. The van der Waals surface area contributed by atoms with E-state index in [9.17, 15) is 14.0 Å². The largest absolute Gasteiger partial charge is 0.448 e. The van der Waals surface area contributed by atoms with E-state index in [1.165, 1.54) is 22.8 Å². The molecule has 37 heavy (non-hydrogen) atoms. The van der Waals surface area contributed by atoms with Gasteiger partial charge in [0.25, 0.3) is 5.91 Å². The zero-order valence-electron chi connectivity index (χ0n) is 20.5. The quantitative estimate of drug-likeness (QED) is 0.234. The van der Waals surface area contributed by atoms with E-state index in [4.69, 9.17) is 17.0 Å². The summed E-state index contributed by atoms with van der Waals surface area (Å²) in [6.45, 7) is 1.98. The van der Waals surface area contributed by atoms with Crippen molar-refractivity contribution in [3.63, 3.8) is 0 Å². The van der Waals surface area contributed by atoms with Gasteiger partial charge in [0, 0.05) is 7.05 Å². The predicted molar refractivity (Wildman–Crippen MR) is 139 cm³/mol. The van der Waals surface area contributed by atoms with Crippen LogP contribution in [-0.2, 0) is 11.2 Å². The lowest BCUT2D eigenvalue weighted by molar-refractivity contribution is 0.0891. The average molecular weight is 526 g/mol. The number of halogens is 1. The second-order valence-corrected chi connectivity index (χ2v) is 8.94. The molecule has 0 spiro atoms. The van der Waals surface area contributed by atoms with Gasteiger partial charge in [0.1, 0.15) is 12.4 Å². The number of thiocarbonyl (C=S) groups is 1. The molecule has 0 bridgehead atoms. The number of benzene rings is 2. The lowest BCUT2D eigenvalue weighted by atomic mass is 10.1. The summed E-state index contributed by atoms with van der Waals surface area (Å²) in [6.07, 6.45) is 0.810. The van der Waals surface area contributed by atoms with Gasteiger partial charge in [-0.05, 0) is 61.3 Å². The van der Waals surface area contributed by atoms with Crippen LogP contribution in [0.3, 0.4) is 0 Å². The standard InChI is InChI=1S/C25H28FN7O3S/c1-16-22(31-33(30-16)17-7-4-3-5-8-17)23(34)28-15-32(2)25(35)36-14-13-27-24(37)29-21-12-11-18-19(21)9-6-10-20(18)26/h3-10,21H,11-15H2,1-2H3,(H,28,34)(H2,27,29,37). The molecule has 0 radical (unpaired) electrons. The number of hydrogen-bond donors (Lipinski definition) is 3. The van der Waals surface area contributed by atoms with Gasteiger partial charge < -0.3 is 20.7 Å². The first kappa shape index (κ1) is 26.0. The first-order valence-corrected chi connectivity index (χ1v) is 12.2. The smallest absolute Gasteiger partial charge is 0.410 e. The minimum atomic E-state index is -0.606. The molecule has 2 amide bonds. The lowest BCUT2D eigenvalue weighted by Crippen LogP contribution is -2.41. The number of carbonyl (C=O) groups excluding carboxylic acids is 2. The molecule has 0 saturated carbocycles. The van der Waals surface area contributed by atoms with Gasteiger partial charge in [0.2, 0.25) is 0 Å². The number of nitrogens with one attached hydrogen (secondary N) is 3. The number of ether oxygens (including phenoxy) is 1. The molecule has 194 valence electrons. The summed E-state index contributed by atoms with van der Waals surface area (Å²) < 4.78 is 19.1. The fourth-order valence-electron chi connectivity index (χ4n) is 3.99. The molecule has 1 unspecified atom stereocenters. The normalized spacial score (nSPS) is 14.0. The summed E-state index contributed by atoms with van der Waals surface area (Å²) in [5.41, 5.74) is 3.01. The number of rotatable bonds is 8. The zero-order valence-corrected chi connectivity index (χ0v) is 21.3. The van der Waals surface area contributed by atoms with Gasteiger partial charge in [0.05, 0.1) is 30.6 Å². The van der Waals surface area contributed by atoms with Crippen molar-refractivity contribution in [3.8, 4) is 5.69 Å². The van der Waals surface area contributed by atoms with E-state index in [-0.39, 0.29) is 30.8 Å². The number of carbonyl (C=O) groups is 2. The fraction of sp³-hybridized carbons (Fsp3) is 0.320. The van der Waals surface area contributed by atoms with Crippen molar-refractivity contribution in [1.29, 1.82) is 0 Å². The van der Waals surface area contributed by atoms with Crippen molar-refractivity contribution < 1.29 is 18.7 Å². The molecule has 1 aliphatic carbocycles. The molecule has 12 heteroatoms. The minimum Gasteiger partial charge on any atom is -0.448 e. The molecule has 1 atom stereocenters. The molecule has 1 aliphatic rings. The molecule has 0 saturated heterocycles. The van der Waals surface area contributed by atoms with E-state index in [0.717, 1.165) is 23.2 Å². The topological polar surface area (TPSA) is 113 Å². The van der Waals surface area contributed by atoms with Crippen molar-refractivity contribution in [3.05, 3.63) is 76.9 Å². The van der Waals surface area contributed by atoms with Crippen molar-refractivity contribution in [1.82, 2.24) is 35.8 Å². The maximum absolute atomic E-state index is 13.9. The van der Waals surface area contributed by atoms with Crippen LogP contribution in [0.5, 0.6) is 0 Å². The Morgan fingerprint density at radius 2 is 1.95 bits per heavy atom. The van der Waals surface area contributed by atoms with Crippen molar-refractivity contribution in [2.24, 2.45) is 0 Å². The van der Waals surface area contributed by atoms with Gasteiger partial charge in [-0.15, -0.1) is 5.10 Å². The number of amides is 2. The van der Waals surface area contributed by atoms with E-state index in [1.54, 1.807) is 13.0 Å². The highest BCUT2D eigenvalue weighted by Gasteiger charge is 2.25. The van der Waals surface area contributed by atoms with Gasteiger partial charge in [-0.3, -0.25) is 9.69 Å². The summed E-state index contributed by atoms with van der Waals surface area (Å²) >= 11 is 5.32. The van der Waals surface area contributed by atoms with Crippen LogP contribution in [0.2, 0.25) is 0 Å². The van der Waals surface area contributed by atoms with Gasteiger partial charge in [-0.2, -0.15) is 9.90 Å². The highest BCUT2D eigenvalue weighted by atomic mass is 32.1. The molecule has 4 rings (SSSR count). The third kappa shape index (κ3) is 6.39. The maximum Gasteiger partial charge on any atom is 0.410 e. The maximum atomic E-state index is 13.9. The third-order valence-corrected chi connectivity index (χ3v) is 6.17. The Balaban J connectivity index is 1.16. The Bertz CT molecular complexity index is 1280. The van der Waals surface area contributed by atoms with Gasteiger partial charge in [-0.1, -0.05) is 30.3 Å². The fourth-order valence-corrected chi connectivity index (χ4v) is 4.23. The monoisotopic (exact) mass is 525 g/mol. The molecular weight excluding hydrogens is 497 g/mol. The van der Waals surface area contributed by atoms with Gasteiger partial charge in [-0.25, -0.2) is 9.18 Å². The lowest BCUT2D eigenvalue weighted by Gasteiger charge is -2.19. The molecule has 0 aliphatic heterocycles. The van der Waals surface area contributed by atoms with E-state index in [1.807, 2.05) is 36.4 Å². The van der Waals surface area contributed by atoms with Crippen LogP contribution in [0.15, 0.2) is 48.5 Å². The average Bonchev–Trinajstić information content (AvgIpc) is 3.49. The SMILES string of the molecule is Cc1nn(-c2ccccc2)nc1C(=O)NCN(C)C(=O)OCCNC(=S)NC1CCc2c(F)cccc21.